The fourth-order valence-electron chi connectivity index (χ4n) is 2.49. The van der Waals surface area contributed by atoms with Crippen LogP contribution in [0.2, 0.25) is 0 Å². The summed E-state index contributed by atoms with van der Waals surface area (Å²) in [4.78, 5) is 17.5. The number of carbonyl (C=O) groups is 1. The van der Waals surface area contributed by atoms with Gasteiger partial charge in [0.15, 0.2) is 0 Å². The van der Waals surface area contributed by atoms with Crippen molar-refractivity contribution in [2.75, 3.05) is 33.4 Å². The molecule has 1 saturated heterocycles. The van der Waals surface area contributed by atoms with E-state index in [0.29, 0.717) is 13.2 Å². The summed E-state index contributed by atoms with van der Waals surface area (Å²) in [5.74, 6) is -1.02. The standard InChI is InChI=1S/C13H18N2O3/c1-18-7-6-15-8-11(12(9-15)13(16)17)10-2-4-14-5-3-10/h2-5,11-12H,6-9H2,1H3,(H,16,17). The van der Waals surface area contributed by atoms with E-state index in [2.05, 4.69) is 9.88 Å². The summed E-state index contributed by atoms with van der Waals surface area (Å²) in [5.41, 5.74) is 1.05. The summed E-state index contributed by atoms with van der Waals surface area (Å²) in [6.07, 6.45) is 3.43. The van der Waals surface area contributed by atoms with Gasteiger partial charge in [0, 0.05) is 45.1 Å². The molecule has 1 aliphatic heterocycles. The van der Waals surface area contributed by atoms with Crippen LogP contribution in [0.1, 0.15) is 11.5 Å². The quantitative estimate of drug-likeness (QED) is 0.838. The Morgan fingerprint density at radius 1 is 1.50 bits per heavy atom. The van der Waals surface area contributed by atoms with Gasteiger partial charge in [-0.1, -0.05) is 0 Å². The van der Waals surface area contributed by atoms with E-state index in [9.17, 15) is 9.90 Å². The zero-order valence-corrected chi connectivity index (χ0v) is 10.5. The third-order valence-corrected chi connectivity index (χ3v) is 3.46. The number of ether oxygens (including phenoxy) is 1. The van der Waals surface area contributed by atoms with Crippen LogP contribution in [0.15, 0.2) is 24.5 Å². The Kier molecular flexibility index (Phi) is 4.28. The maximum atomic E-state index is 11.3. The maximum Gasteiger partial charge on any atom is 0.308 e. The Hall–Kier alpha value is -1.46. The number of carboxylic acids is 1. The van der Waals surface area contributed by atoms with Crippen molar-refractivity contribution in [3.63, 3.8) is 0 Å². The van der Waals surface area contributed by atoms with E-state index in [-0.39, 0.29) is 11.8 Å². The van der Waals surface area contributed by atoms with E-state index < -0.39 is 5.97 Å². The number of likely N-dealkylation sites (tertiary alicyclic amines) is 1. The van der Waals surface area contributed by atoms with Crippen molar-refractivity contribution in [1.29, 1.82) is 0 Å². The lowest BCUT2D eigenvalue weighted by atomic mass is 9.90. The van der Waals surface area contributed by atoms with Gasteiger partial charge in [-0.2, -0.15) is 0 Å². The van der Waals surface area contributed by atoms with Crippen molar-refractivity contribution in [3.8, 4) is 0 Å². The molecule has 1 aromatic rings. The fourth-order valence-corrected chi connectivity index (χ4v) is 2.49. The molecule has 5 heteroatoms. The molecule has 5 nitrogen and oxygen atoms in total. The molecule has 0 aromatic carbocycles. The van der Waals surface area contributed by atoms with Crippen molar-refractivity contribution < 1.29 is 14.6 Å². The molecule has 2 heterocycles. The van der Waals surface area contributed by atoms with Crippen LogP contribution in [-0.2, 0) is 9.53 Å². The Morgan fingerprint density at radius 2 is 2.22 bits per heavy atom. The molecule has 0 amide bonds. The third-order valence-electron chi connectivity index (χ3n) is 3.46. The number of hydrogen-bond acceptors (Lipinski definition) is 4. The zero-order chi connectivity index (χ0) is 13.0. The summed E-state index contributed by atoms with van der Waals surface area (Å²) < 4.78 is 5.04. The predicted octanol–water partition coefficient (Wildman–Crippen LogP) is 0.828. The zero-order valence-electron chi connectivity index (χ0n) is 10.5. The molecule has 0 saturated carbocycles. The van der Waals surface area contributed by atoms with Gasteiger partial charge in [0.05, 0.1) is 12.5 Å². The first-order valence-corrected chi connectivity index (χ1v) is 6.06. The molecule has 1 aromatic heterocycles. The van der Waals surface area contributed by atoms with E-state index in [1.807, 2.05) is 12.1 Å². The lowest BCUT2D eigenvalue weighted by molar-refractivity contribution is -0.141. The van der Waals surface area contributed by atoms with Gasteiger partial charge in [0.1, 0.15) is 0 Å². The highest BCUT2D eigenvalue weighted by Gasteiger charge is 2.38. The lowest BCUT2D eigenvalue weighted by Crippen LogP contribution is -2.26. The van der Waals surface area contributed by atoms with Crippen molar-refractivity contribution in [2.24, 2.45) is 5.92 Å². The molecular formula is C13H18N2O3. The molecular weight excluding hydrogens is 232 g/mol. The number of aromatic nitrogens is 1. The normalized spacial score (nSPS) is 24.3. The van der Waals surface area contributed by atoms with Gasteiger partial charge >= 0.3 is 5.97 Å². The average molecular weight is 250 g/mol. The van der Waals surface area contributed by atoms with Crippen LogP contribution in [0.5, 0.6) is 0 Å². The number of carboxylic acid groups (broad SMARTS) is 1. The Labute approximate surface area is 106 Å². The van der Waals surface area contributed by atoms with Crippen LogP contribution < -0.4 is 0 Å². The molecule has 1 N–H and O–H groups in total. The molecule has 98 valence electrons. The molecule has 1 aliphatic rings. The number of pyridine rings is 1. The Bertz CT molecular complexity index is 396. The van der Waals surface area contributed by atoms with Crippen LogP contribution in [0.25, 0.3) is 0 Å². The minimum Gasteiger partial charge on any atom is -0.481 e. The van der Waals surface area contributed by atoms with Crippen molar-refractivity contribution in [3.05, 3.63) is 30.1 Å². The summed E-state index contributed by atoms with van der Waals surface area (Å²) in [6.45, 7) is 2.77. The highest BCUT2D eigenvalue weighted by molar-refractivity contribution is 5.72. The van der Waals surface area contributed by atoms with Crippen LogP contribution >= 0.6 is 0 Å². The van der Waals surface area contributed by atoms with E-state index >= 15 is 0 Å². The lowest BCUT2D eigenvalue weighted by Gasteiger charge is -2.15. The third kappa shape index (κ3) is 2.86. The molecule has 1 fully saturated rings. The molecule has 0 spiro atoms. The van der Waals surface area contributed by atoms with Crippen LogP contribution in [0, 0.1) is 5.92 Å². The van der Waals surface area contributed by atoms with Crippen molar-refractivity contribution in [2.45, 2.75) is 5.92 Å². The van der Waals surface area contributed by atoms with Gasteiger partial charge in [0.2, 0.25) is 0 Å². The largest absolute Gasteiger partial charge is 0.481 e. The highest BCUT2D eigenvalue weighted by Crippen LogP contribution is 2.32. The minimum absolute atomic E-state index is 0.0438. The van der Waals surface area contributed by atoms with Crippen molar-refractivity contribution >= 4 is 5.97 Å². The molecule has 2 rings (SSSR count). The monoisotopic (exact) mass is 250 g/mol. The maximum absolute atomic E-state index is 11.3. The van der Waals surface area contributed by atoms with Crippen LogP contribution in [-0.4, -0.2) is 54.3 Å². The SMILES string of the molecule is COCCN1CC(C(=O)O)C(c2ccncc2)C1. The second kappa shape index (κ2) is 5.93. The van der Waals surface area contributed by atoms with Crippen molar-refractivity contribution in [1.82, 2.24) is 9.88 Å². The molecule has 18 heavy (non-hydrogen) atoms. The van der Waals surface area contributed by atoms with Gasteiger partial charge < -0.3 is 9.84 Å². The Morgan fingerprint density at radius 3 is 2.83 bits per heavy atom. The Balaban J connectivity index is 2.10. The van der Waals surface area contributed by atoms with Gasteiger partial charge in [0.25, 0.3) is 0 Å². The number of aliphatic carboxylic acids is 1. The molecule has 0 aliphatic carbocycles. The summed E-state index contributed by atoms with van der Waals surface area (Å²) in [7, 11) is 1.66. The predicted molar refractivity (Wildman–Crippen MR) is 66.4 cm³/mol. The highest BCUT2D eigenvalue weighted by atomic mass is 16.5. The summed E-state index contributed by atoms with van der Waals surface area (Å²) in [5, 5.41) is 9.31. The smallest absolute Gasteiger partial charge is 0.308 e. The van der Waals surface area contributed by atoms with Gasteiger partial charge in [-0.25, -0.2) is 0 Å². The number of methoxy groups -OCH3 is 1. The number of nitrogens with zero attached hydrogens (tertiary/aromatic N) is 2. The second-order valence-electron chi connectivity index (χ2n) is 4.58. The number of hydrogen-bond donors (Lipinski definition) is 1. The average Bonchev–Trinajstić information content (AvgIpc) is 2.82. The van der Waals surface area contributed by atoms with Crippen LogP contribution in [0.4, 0.5) is 0 Å². The minimum atomic E-state index is -0.725. The van der Waals surface area contributed by atoms with Gasteiger partial charge in [-0.05, 0) is 17.7 Å². The topological polar surface area (TPSA) is 62.7 Å². The second-order valence-corrected chi connectivity index (χ2v) is 4.58. The number of rotatable bonds is 5. The molecule has 0 bridgehead atoms. The first-order valence-electron chi connectivity index (χ1n) is 6.06. The van der Waals surface area contributed by atoms with Crippen LogP contribution in [0.3, 0.4) is 0 Å². The summed E-state index contributed by atoms with van der Waals surface area (Å²) >= 11 is 0. The van der Waals surface area contributed by atoms with E-state index in [1.54, 1.807) is 19.5 Å². The first-order chi connectivity index (χ1) is 8.72. The summed E-state index contributed by atoms with van der Waals surface area (Å²) in [6, 6.07) is 3.81. The first kappa shape index (κ1) is 13.0. The van der Waals surface area contributed by atoms with E-state index in [4.69, 9.17) is 4.74 Å². The van der Waals surface area contributed by atoms with E-state index in [0.717, 1.165) is 18.7 Å². The van der Waals surface area contributed by atoms with Gasteiger partial charge in [-0.3, -0.25) is 14.7 Å². The fraction of sp³-hybridized carbons (Fsp3) is 0.538. The molecule has 2 atom stereocenters. The molecule has 0 radical (unpaired) electrons. The van der Waals surface area contributed by atoms with Gasteiger partial charge in [-0.15, -0.1) is 0 Å². The molecule has 2 unspecified atom stereocenters. The van der Waals surface area contributed by atoms with E-state index in [1.165, 1.54) is 0 Å².